The van der Waals surface area contributed by atoms with Crippen LogP contribution in [-0.4, -0.2) is 36.5 Å². The van der Waals surface area contributed by atoms with Gasteiger partial charge in [0.1, 0.15) is 5.75 Å². The van der Waals surface area contributed by atoms with Crippen molar-refractivity contribution in [2.45, 2.75) is 37.6 Å². The van der Waals surface area contributed by atoms with E-state index in [1.807, 2.05) is 18.2 Å². The van der Waals surface area contributed by atoms with Gasteiger partial charge < -0.3 is 19.8 Å². The van der Waals surface area contributed by atoms with E-state index in [-0.39, 0.29) is 24.2 Å². The number of benzene rings is 1. The monoisotopic (exact) mass is 343 g/mol. The quantitative estimate of drug-likeness (QED) is 0.509. The van der Waals surface area contributed by atoms with Crippen LogP contribution in [0.25, 0.3) is 21.3 Å². The number of hydrogen-bond acceptors (Lipinski definition) is 5. The van der Waals surface area contributed by atoms with Crippen molar-refractivity contribution >= 4 is 10.9 Å². The number of hydrogen-bond donors (Lipinski definition) is 1. The molecule has 2 N–H and O–H groups in total. The zero-order valence-corrected chi connectivity index (χ0v) is 14.0. The van der Waals surface area contributed by atoms with Crippen molar-refractivity contribution in [1.82, 2.24) is 4.57 Å². The molecule has 2 heterocycles. The molecule has 1 fully saturated rings. The van der Waals surface area contributed by atoms with Crippen LogP contribution < -0.4 is 16.0 Å². The Bertz CT molecular complexity index is 851. The van der Waals surface area contributed by atoms with Crippen LogP contribution in [0.5, 0.6) is 5.75 Å². The first-order valence-corrected chi connectivity index (χ1v) is 8.21. The van der Waals surface area contributed by atoms with Crippen LogP contribution in [0.3, 0.4) is 0 Å². The number of methoxy groups -OCH3 is 1. The Hall–Kier alpha value is -2.54. The molecule has 2 aromatic rings. The van der Waals surface area contributed by atoms with Crippen LogP contribution in [-0.2, 0) is 11.3 Å². The second-order valence-corrected chi connectivity index (χ2v) is 6.19. The predicted molar refractivity (Wildman–Crippen MR) is 94.6 cm³/mol. The topological polar surface area (TPSA) is 115 Å². The fourth-order valence-electron chi connectivity index (χ4n) is 3.16. The van der Waals surface area contributed by atoms with Gasteiger partial charge in [0, 0.05) is 29.6 Å². The first kappa shape index (κ1) is 17.3. The van der Waals surface area contributed by atoms with Crippen LogP contribution in [0.4, 0.5) is 0 Å². The molecule has 1 aromatic carbocycles. The van der Waals surface area contributed by atoms with Gasteiger partial charge in [-0.15, -0.1) is 0 Å². The van der Waals surface area contributed by atoms with Gasteiger partial charge in [-0.2, -0.15) is 0 Å². The van der Waals surface area contributed by atoms with E-state index < -0.39 is 6.04 Å². The van der Waals surface area contributed by atoms with Gasteiger partial charge in [-0.25, -0.2) is 0 Å². The van der Waals surface area contributed by atoms with Crippen LogP contribution >= 0.6 is 0 Å². The van der Waals surface area contributed by atoms with Gasteiger partial charge in [0.15, 0.2) is 0 Å². The molecule has 0 saturated carbocycles. The molecule has 8 nitrogen and oxygen atoms in total. The molecule has 8 heteroatoms. The van der Waals surface area contributed by atoms with E-state index in [1.165, 1.54) is 6.07 Å². The van der Waals surface area contributed by atoms with Crippen LogP contribution in [0.1, 0.15) is 12.8 Å². The summed E-state index contributed by atoms with van der Waals surface area (Å²) in [6.07, 6.45) is 1.26. The Labute approximate surface area is 144 Å². The lowest BCUT2D eigenvalue weighted by Crippen LogP contribution is -2.42. The number of aromatic nitrogens is 1. The molecule has 3 rings (SSSR count). The highest BCUT2D eigenvalue weighted by Crippen LogP contribution is 2.23. The van der Waals surface area contributed by atoms with Gasteiger partial charge in [0.25, 0.3) is 5.56 Å². The summed E-state index contributed by atoms with van der Waals surface area (Å²) in [4.78, 5) is 15.4. The lowest BCUT2D eigenvalue weighted by molar-refractivity contribution is -0.0119. The van der Waals surface area contributed by atoms with Crippen molar-refractivity contribution in [2.24, 2.45) is 10.8 Å². The van der Waals surface area contributed by atoms with Crippen molar-refractivity contribution in [3.05, 3.63) is 51.1 Å². The number of rotatable bonds is 5. The normalized spacial score (nSPS) is 21.5. The Morgan fingerprint density at radius 2 is 2.24 bits per heavy atom. The van der Waals surface area contributed by atoms with Crippen molar-refractivity contribution in [3.63, 3.8) is 0 Å². The first-order chi connectivity index (χ1) is 12.1. The fourth-order valence-corrected chi connectivity index (χ4v) is 3.16. The van der Waals surface area contributed by atoms with Gasteiger partial charge >= 0.3 is 0 Å². The molecule has 3 atom stereocenters. The number of ether oxygens (including phenoxy) is 2. The minimum Gasteiger partial charge on any atom is -0.497 e. The van der Waals surface area contributed by atoms with E-state index >= 15 is 0 Å². The number of nitrogens with zero attached hydrogens (tertiary/aromatic N) is 4. The maximum Gasteiger partial charge on any atom is 0.251 e. The van der Waals surface area contributed by atoms with Crippen LogP contribution in [0.2, 0.25) is 0 Å². The summed E-state index contributed by atoms with van der Waals surface area (Å²) in [5.74, 6) is 0.659. The minimum atomic E-state index is -0.480. The molecule has 0 unspecified atom stereocenters. The molecular weight excluding hydrogens is 322 g/mol. The average Bonchev–Trinajstić information content (AvgIpc) is 2.63. The third-order valence-corrected chi connectivity index (χ3v) is 4.54. The summed E-state index contributed by atoms with van der Waals surface area (Å²) in [5, 5.41) is 4.79. The fraction of sp³-hybridized carbons (Fsp3) is 0.471. The van der Waals surface area contributed by atoms with E-state index in [0.29, 0.717) is 18.8 Å². The Morgan fingerprint density at radius 3 is 2.92 bits per heavy atom. The second kappa shape index (κ2) is 7.57. The smallest absolute Gasteiger partial charge is 0.251 e. The lowest BCUT2D eigenvalue weighted by atomic mass is 10.00. The van der Waals surface area contributed by atoms with E-state index in [1.54, 1.807) is 17.7 Å². The van der Waals surface area contributed by atoms with Crippen molar-refractivity contribution in [1.29, 1.82) is 0 Å². The van der Waals surface area contributed by atoms with Crippen molar-refractivity contribution < 1.29 is 9.47 Å². The van der Waals surface area contributed by atoms with Crippen molar-refractivity contribution in [2.75, 3.05) is 13.7 Å². The number of nitrogens with two attached hydrogens (primary N) is 1. The minimum absolute atomic E-state index is 0.00695. The molecule has 1 aliphatic rings. The average molecular weight is 343 g/mol. The standard InChI is InChI=1S/C17H21N5O3/c1-24-13-5-2-11-3-7-17(23)22(15(11)8-13)9-14(20-21-19)16-6-4-12(18)10-25-16/h2-3,5,7-8,12,14,16H,4,6,9-10,18H2,1H3/t12-,14+,16+/m1/s1. The van der Waals surface area contributed by atoms with Gasteiger partial charge in [0.2, 0.25) is 0 Å². The molecule has 1 saturated heterocycles. The van der Waals surface area contributed by atoms with E-state index in [0.717, 1.165) is 17.3 Å². The summed E-state index contributed by atoms with van der Waals surface area (Å²) in [6, 6.07) is 8.35. The Balaban J connectivity index is 1.97. The Morgan fingerprint density at radius 1 is 1.44 bits per heavy atom. The third-order valence-electron chi connectivity index (χ3n) is 4.54. The largest absolute Gasteiger partial charge is 0.497 e. The molecule has 0 radical (unpaired) electrons. The van der Waals surface area contributed by atoms with Crippen LogP contribution in [0, 0.1) is 0 Å². The number of pyridine rings is 1. The van der Waals surface area contributed by atoms with E-state index in [9.17, 15) is 4.79 Å². The summed E-state index contributed by atoms with van der Waals surface area (Å²) in [7, 11) is 1.58. The van der Waals surface area contributed by atoms with Gasteiger partial charge in [0.05, 0.1) is 31.4 Å². The van der Waals surface area contributed by atoms with E-state index in [2.05, 4.69) is 10.0 Å². The van der Waals surface area contributed by atoms with Gasteiger partial charge in [-0.3, -0.25) is 4.79 Å². The molecule has 132 valence electrons. The first-order valence-electron chi connectivity index (χ1n) is 8.21. The summed E-state index contributed by atoms with van der Waals surface area (Å²) in [6.45, 7) is 0.674. The van der Waals surface area contributed by atoms with E-state index in [4.69, 9.17) is 20.7 Å². The highest BCUT2D eigenvalue weighted by atomic mass is 16.5. The molecule has 0 aliphatic carbocycles. The maximum atomic E-state index is 12.4. The zero-order valence-electron chi connectivity index (χ0n) is 14.0. The summed E-state index contributed by atoms with van der Waals surface area (Å²) < 4.78 is 12.6. The lowest BCUT2D eigenvalue weighted by Gasteiger charge is -2.31. The summed E-state index contributed by atoms with van der Waals surface area (Å²) >= 11 is 0. The SMILES string of the molecule is COc1ccc2ccc(=O)n(C[C@H](N=[N+]=[N-])[C@@H]3CC[C@@H](N)CO3)c2c1. The molecule has 1 aliphatic heterocycles. The zero-order chi connectivity index (χ0) is 17.8. The number of azide groups is 1. The predicted octanol–water partition coefficient (Wildman–Crippen LogP) is 2.20. The van der Waals surface area contributed by atoms with Crippen molar-refractivity contribution in [3.8, 4) is 5.75 Å². The molecule has 0 spiro atoms. The molecule has 0 amide bonds. The third kappa shape index (κ3) is 3.76. The highest BCUT2D eigenvalue weighted by molar-refractivity contribution is 5.80. The number of fused-ring (bicyclic) bond motifs is 1. The molecule has 25 heavy (non-hydrogen) atoms. The molecule has 1 aromatic heterocycles. The highest BCUT2D eigenvalue weighted by Gasteiger charge is 2.27. The Kier molecular flexibility index (Phi) is 5.23. The second-order valence-electron chi connectivity index (χ2n) is 6.19. The van der Waals surface area contributed by atoms with Crippen LogP contribution in [0.15, 0.2) is 40.2 Å². The summed E-state index contributed by atoms with van der Waals surface area (Å²) in [5.41, 5.74) is 15.4. The maximum absolute atomic E-state index is 12.4. The molecule has 0 bridgehead atoms. The van der Waals surface area contributed by atoms with Gasteiger partial charge in [-0.1, -0.05) is 5.11 Å². The van der Waals surface area contributed by atoms with Gasteiger partial charge in [-0.05, 0) is 42.0 Å². The molecular formula is C17H21N5O3.